The minimum absolute atomic E-state index is 0.104. The van der Waals surface area contributed by atoms with Crippen molar-refractivity contribution in [2.75, 3.05) is 30.9 Å². The number of nitrogens with zero attached hydrogens (tertiary/aromatic N) is 5. The second-order valence-electron chi connectivity index (χ2n) is 6.64. The lowest BCUT2D eigenvalue weighted by molar-refractivity contribution is -0.141. The molecule has 0 fully saturated rings. The smallest absolute Gasteiger partial charge is 0.357 e. The van der Waals surface area contributed by atoms with Gasteiger partial charge in [0, 0.05) is 25.5 Å². The third kappa shape index (κ3) is 5.28. The lowest BCUT2D eigenvalue weighted by Crippen LogP contribution is -2.23. The molecule has 154 valence electrons. The Hall–Kier alpha value is -4.01. The summed E-state index contributed by atoms with van der Waals surface area (Å²) in [4.78, 5) is 26.8. The first kappa shape index (κ1) is 20.7. The van der Waals surface area contributed by atoms with E-state index in [1.165, 1.54) is 4.68 Å². The fraction of sp³-hybridized carbons (Fsp3) is 0.190. The molecule has 1 N–H and O–H groups in total. The number of rotatable bonds is 7. The number of ether oxygens (including phenoxy) is 1. The Morgan fingerprint density at radius 2 is 1.80 bits per heavy atom. The molecule has 30 heavy (non-hydrogen) atoms. The van der Waals surface area contributed by atoms with Gasteiger partial charge in [-0.15, -0.1) is 5.10 Å². The number of tetrazole rings is 1. The summed E-state index contributed by atoms with van der Waals surface area (Å²) in [6.45, 7) is 1.22. The van der Waals surface area contributed by atoms with E-state index in [0.29, 0.717) is 11.5 Å². The topological polar surface area (TPSA) is 102 Å². The normalized spacial score (nSPS) is 11.1. The molecule has 0 aliphatic rings. The highest BCUT2D eigenvalue weighted by Crippen LogP contribution is 2.16. The molecule has 0 radical (unpaired) electrons. The maximum atomic E-state index is 12.7. The van der Waals surface area contributed by atoms with Crippen LogP contribution in [0.25, 0.3) is 11.8 Å². The van der Waals surface area contributed by atoms with Gasteiger partial charge >= 0.3 is 5.97 Å². The van der Waals surface area contributed by atoms with Crippen molar-refractivity contribution >= 4 is 35.0 Å². The molecule has 1 amide bonds. The molecule has 0 unspecified atom stereocenters. The van der Waals surface area contributed by atoms with Gasteiger partial charge in [0.2, 0.25) is 0 Å². The van der Waals surface area contributed by atoms with Crippen LogP contribution in [0.2, 0.25) is 0 Å². The fourth-order valence-electron chi connectivity index (χ4n) is 2.61. The molecule has 0 aliphatic heterocycles. The Morgan fingerprint density at radius 1 is 1.10 bits per heavy atom. The zero-order valence-corrected chi connectivity index (χ0v) is 16.9. The highest BCUT2D eigenvalue weighted by Gasteiger charge is 2.19. The number of anilines is 2. The van der Waals surface area contributed by atoms with Gasteiger partial charge in [0.1, 0.15) is 0 Å². The van der Waals surface area contributed by atoms with E-state index in [0.717, 1.165) is 11.3 Å². The summed E-state index contributed by atoms with van der Waals surface area (Å²) in [6, 6.07) is 16.5. The maximum absolute atomic E-state index is 12.7. The molecule has 3 aromatic rings. The van der Waals surface area contributed by atoms with E-state index in [9.17, 15) is 9.59 Å². The number of hydrogen-bond acceptors (Lipinski definition) is 7. The van der Waals surface area contributed by atoms with Gasteiger partial charge in [-0.05, 0) is 53.3 Å². The van der Waals surface area contributed by atoms with Crippen LogP contribution in [0.1, 0.15) is 11.4 Å². The van der Waals surface area contributed by atoms with Crippen molar-refractivity contribution in [3.8, 4) is 0 Å². The zero-order chi connectivity index (χ0) is 21.5. The first-order valence-electron chi connectivity index (χ1n) is 9.20. The van der Waals surface area contributed by atoms with Crippen LogP contribution in [0.3, 0.4) is 0 Å². The van der Waals surface area contributed by atoms with E-state index in [4.69, 9.17) is 4.74 Å². The van der Waals surface area contributed by atoms with Crippen molar-refractivity contribution in [3.05, 3.63) is 66.0 Å². The average Bonchev–Trinajstić information content (AvgIpc) is 3.17. The Morgan fingerprint density at radius 3 is 2.40 bits per heavy atom. The number of carbonyl (C=O) groups excluding carboxylic acids is 2. The van der Waals surface area contributed by atoms with Gasteiger partial charge in [-0.3, -0.25) is 4.79 Å². The molecule has 9 heteroatoms. The number of esters is 1. The minimum atomic E-state index is -0.715. The van der Waals surface area contributed by atoms with E-state index in [1.807, 2.05) is 61.5 Å². The van der Waals surface area contributed by atoms with Gasteiger partial charge in [-0.2, -0.15) is 4.68 Å². The highest BCUT2D eigenvalue weighted by molar-refractivity contribution is 6.15. The second-order valence-corrected chi connectivity index (χ2v) is 6.64. The lowest BCUT2D eigenvalue weighted by atomic mass is 10.2. The predicted octanol–water partition coefficient (Wildman–Crippen LogP) is 2.23. The molecule has 1 aromatic heterocycles. The molecule has 9 nitrogen and oxygen atoms in total. The van der Waals surface area contributed by atoms with Crippen molar-refractivity contribution < 1.29 is 14.3 Å². The molecule has 0 bridgehead atoms. The van der Waals surface area contributed by atoms with Gasteiger partial charge in [0.15, 0.2) is 18.1 Å². The average molecular weight is 406 g/mol. The standard InChI is InChI=1S/C21H22N6O3/c1-15-23-24-25-27(15)19(13-16-7-5-4-6-8-16)21(29)30-14-20(28)22-17-9-11-18(12-10-17)26(2)3/h4-13H,14H2,1-3H3,(H,22,28)/b19-13-. The van der Waals surface area contributed by atoms with Crippen LogP contribution < -0.4 is 10.2 Å². The van der Waals surface area contributed by atoms with Crippen LogP contribution in [0, 0.1) is 6.92 Å². The van der Waals surface area contributed by atoms with Crippen LogP contribution in [0.4, 0.5) is 11.4 Å². The van der Waals surface area contributed by atoms with Crippen molar-refractivity contribution in [1.29, 1.82) is 0 Å². The Balaban J connectivity index is 1.68. The van der Waals surface area contributed by atoms with Crippen molar-refractivity contribution in [2.24, 2.45) is 0 Å². The third-order valence-corrected chi connectivity index (χ3v) is 4.17. The first-order valence-corrected chi connectivity index (χ1v) is 9.20. The lowest BCUT2D eigenvalue weighted by Gasteiger charge is -2.13. The van der Waals surface area contributed by atoms with Gasteiger partial charge in [0.25, 0.3) is 5.91 Å². The minimum Gasteiger partial charge on any atom is -0.451 e. The van der Waals surface area contributed by atoms with Gasteiger partial charge < -0.3 is 15.0 Å². The molecular formula is C21H22N6O3. The molecule has 0 aliphatic carbocycles. The molecule has 1 heterocycles. The van der Waals surface area contributed by atoms with Crippen molar-refractivity contribution in [2.45, 2.75) is 6.92 Å². The monoisotopic (exact) mass is 406 g/mol. The number of amides is 1. The second kappa shape index (κ2) is 9.46. The predicted molar refractivity (Wildman–Crippen MR) is 114 cm³/mol. The Kier molecular flexibility index (Phi) is 6.53. The summed E-state index contributed by atoms with van der Waals surface area (Å²) in [6.07, 6.45) is 1.60. The highest BCUT2D eigenvalue weighted by atomic mass is 16.5. The number of carbonyl (C=O) groups is 2. The molecule has 3 rings (SSSR count). The first-order chi connectivity index (χ1) is 14.4. The summed E-state index contributed by atoms with van der Waals surface area (Å²) in [5.74, 6) is -0.750. The van der Waals surface area contributed by atoms with Crippen LogP contribution in [-0.2, 0) is 14.3 Å². The number of benzene rings is 2. The largest absolute Gasteiger partial charge is 0.451 e. The third-order valence-electron chi connectivity index (χ3n) is 4.17. The van der Waals surface area contributed by atoms with Crippen LogP contribution in [0.5, 0.6) is 0 Å². The SMILES string of the molecule is Cc1nnnn1/C(=C\c1ccccc1)C(=O)OCC(=O)Nc1ccc(N(C)C)cc1. The summed E-state index contributed by atoms with van der Waals surface area (Å²) < 4.78 is 6.48. The van der Waals surface area contributed by atoms with E-state index in [1.54, 1.807) is 25.1 Å². The number of nitrogens with one attached hydrogen (secondary N) is 1. The van der Waals surface area contributed by atoms with Crippen LogP contribution >= 0.6 is 0 Å². The molecule has 0 saturated heterocycles. The summed E-state index contributed by atoms with van der Waals surface area (Å²) >= 11 is 0. The number of hydrogen-bond donors (Lipinski definition) is 1. The quantitative estimate of drug-likeness (QED) is 0.474. The zero-order valence-electron chi connectivity index (χ0n) is 16.9. The van der Waals surface area contributed by atoms with Gasteiger partial charge in [-0.1, -0.05) is 30.3 Å². The Labute approximate surface area is 174 Å². The van der Waals surface area contributed by atoms with Crippen molar-refractivity contribution in [3.63, 3.8) is 0 Å². The van der Waals surface area contributed by atoms with Crippen LogP contribution in [-0.4, -0.2) is 52.8 Å². The molecule has 0 saturated carbocycles. The fourth-order valence-corrected chi connectivity index (χ4v) is 2.61. The molecule has 0 spiro atoms. The van der Waals surface area contributed by atoms with E-state index < -0.39 is 18.5 Å². The summed E-state index contributed by atoms with van der Waals surface area (Å²) in [5, 5.41) is 13.9. The van der Waals surface area contributed by atoms with Crippen molar-refractivity contribution in [1.82, 2.24) is 20.2 Å². The summed E-state index contributed by atoms with van der Waals surface area (Å²) in [5.41, 5.74) is 2.49. The van der Waals surface area contributed by atoms with Gasteiger partial charge in [-0.25, -0.2) is 4.79 Å². The maximum Gasteiger partial charge on any atom is 0.357 e. The molecular weight excluding hydrogens is 384 g/mol. The molecule has 2 aromatic carbocycles. The Bertz CT molecular complexity index is 1040. The molecule has 0 atom stereocenters. The number of aryl methyl sites for hydroxylation is 1. The van der Waals surface area contributed by atoms with E-state index >= 15 is 0 Å². The van der Waals surface area contributed by atoms with Crippen LogP contribution in [0.15, 0.2) is 54.6 Å². The number of aromatic nitrogens is 4. The van der Waals surface area contributed by atoms with Gasteiger partial charge in [0.05, 0.1) is 0 Å². The van der Waals surface area contributed by atoms with E-state index in [2.05, 4.69) is 20.8 Å². The summed E-state index contributed by atoms with van der Waals surface area (Å²) in [7, 11) is 3.86. The van der Waals surface area contributed by atoms with E-state index in [-0.39, 0.29) is 5.70 Å².